The molecule has 1 rings (SSSR count). The highest BCUT2D eigenvalue weighted by atomic mass is 19.4. The number of hydrogen-bond acceptors (Lipinski definition) is 1. The van der Waals surface area contributed by atoms with E-state index in [1.54, 1.807) is 6.07 Å². The Hall–Kier alpha value is -1.47. The Morgan fingerprint density at radius 2 is 2.00 bits per heavy atom. The molecule has 0 radical (unpaired) electrons. The lowest BCUT2D eigenvalue weighted by molar-refractivity contribution is -0.138. The second-order valence-corrected chi connectivity index (χ2v) is 3.32. The van der Waals surface area contributed by atoms with Gasteiger partial charge in [-0.2, -0.15) is 13.2 Å². The third-order valence-corrected chi connectivity index (χ3v) is 2.13. The number of hydrogen-bond donors (Lipinski definition) is 1. The minimum atomic E-state index is -4.32. The van der Waals surface area contributed by atoms with Crippen LogP contribution in [0, 0.1) is 18.8 Å². The Bertz CT molecular complexity index is 424. The predicted molar refractivity (Wildman–Crippen MR) is 56.7 cm³/mol. The fourth-order valence-electron chi connectivity index (χ4n) is 1.31. The van der Waals surface area contributed by atoms with Crippen LogP contribution in [0.25, 0.3) is 0 Å². The van der Waals surface area contributed by atoms with Crippen molar-refractivity contribution in [1.82, 2.24) is 0 Å². The van der Waals surface area contributed by atoms with E-state index in [0.717, 1.165) is 6.07 Å². The summed E-state index contributed by atoms with van der Waals surface area (Å²) in [5, 5.41) is 0. The molecule has 0 fully saturated rings. The number of nitrogens with two attached hydrogens (primary N) is 1. The molecule has 0 spiro atoms. The van der Waals surface area contributed by atoms with Gasteiger partial charge in [0.1, 0.15) is 0 Å². The molecule has 4 heteroatoms. The molecule has 0 saturated carbocycles. The Balaban J connectivity index is 3.11. The third kappa shape index (κ3) is 3.01. The first kappa shape index (κ1) is 12.6. The molecule has 2 N–H and O–H groups in total. The molecule has 0 saturated heterocycles. The van der Waals surface area contributed by atoms with E-state index in [0.29, 0.717) is 18.5 Å². The maximum atomic E-state index is 12.5. The molecule has 0 aliphatic carbocycles. The summed E-state index contributed by atoms with van der Waals surface area (Å²) in [6.45, 7) is 1.83. The van der Waals surface area contributed by atoms with Gasteiger partial charge in [0, 0.05) is 18.5 Å². The molecule has 0 amide bonds. The molecule has 0 aliphatic rings. The van der Waals surface area contributed by atoms with Crippen LogP contribution < -0.4 is 5.73 Å². The van der Waals surface area contributed by atoms with E-state index in [1.165, 1.54) is 13.0 Å². The summed E-state index contributed by atoms with van der Waals surface area (Å²) in [6.07, 6.45) is -3.84. The van der Waals surface area contributed by atoms with Crippen molar-refractivity contribution < 1.29 is 13.2 Å². The molecule has 1 nitrogen and oxygen atoms in total. The summed E-state index contributed by atoms with van der Waals surface area (Å²) in [5.41, 5.74) is 5.19. The average molecular weight is 227 g/mol. The second kappa shape index (κ2) is 5.04. The van der Waals surface area contributed by atoms with Gasteiger partial charge in [0.25, 0.3) is 0 Å². The highest BCUT2D eigenvalue weighted by Crippen LogP contribution is 2.32. The van der Waals surface area contributed by atoms with E-state index in [2.05, 4.69) is 11.8 Å². The van der Waals surface area contributed by atoms with Crippen LogP contribution in [0.1, 0.15) is 23.1 Å². The van der Waals surface area contributed by atoms with Gasteiger partial charge in [0.2, 0.25) is 0 Å². The molecule has 0 heterocycles. The standard InChI is InChI=1S/C12H12F3N/c1-9-10(5-2-3-8-16)6-4-7-11(9)12(13,14)15/h4,6-7H,3,8,16H2,1H3. The lowest BCUT2D eigenvalue weighted by atomic mass is 10.0. The van der Waals surface area contributed by atoms with Crippen LogP contribution in [0.3, 0.4) is 0 Å². The van der Waals surface area contributed by atoms with E-state index in [9.17, 15) is 13.2 Å². The van der Waals surface area contributed by atoms with Gasteiger partial charge in [-0.1, -0.05) is 17.9 Å². The van der Waals surface area contributed by atoms with Crippen molar-refractivity contribution in [3.8, 4) is 11.8 Å². The molecule has 86 valence electrons. The van der Waals surface area contributed by atoms with Crippen molar-refractivity contribution in [2.24, 2.45) is 5.73 Å². The lowest BCUT2D eigenvalue weighted by Crippen LogP contribution is -2.08. The number of rotatable bonds is 1. The van der Waals surface area contributed by atoms with Crippen molar-refractivity contribution in [3.63, 3.8) is 0 Å². The number of alkyl halides is 3. The van der Waals surface area contributed by atoms with Crippen molar-refractivity contribution in [3.05, 3.63) is 34.9 Å². The molecular formula is C12H12F3N. The van der Waals surface area contributed by atoms with Gasteiger partial charge in [0.05, 0.1) is 5.56 Å². The summed E-state index contributed by atoms with van der Waals surface area (Å²) in [7, 11) is 0. The summed E-state index contributed by atoms with van der Waals surface area (Å²) < 4.78 is 37.6. The van der Waals surface area contributed by atoms with E-state index in [-0.39, 0.29) is 5.56 Å². The van der Waals surface area contributed by atoms with Crippen LogP contribution in [0.5, 0.6) is 0 Å². The Morgan fingerprint density at radius 1 is 1.31 bits per heavy atom. The van der Waals surface area contributed by atoms with Crippen molar-refractivity contribution in [2.75, 3.05) is 6.54 Å². The minimum Gasteiger partial charge on any atom is -0.330 e. The fraction of sp³-hybridized carbons (Fsp3) is 0.333. The van der Waals surface area contributed by atoms with Gasteiger partial charge >= 0.3 is 6.18 Å². The summed E-state index contributed by atoms with van der Waals surface area (Å²) >= 11 is 0. The monoisotopic (exact) mass is 227 g/mol. The summed E-state index contributed by atoms with van der Waals surface area (Å²) in [4.78, 5) is 0. The highest BCUT2D eigenvalue weighted by Gasteiger charge is 2.32. The molecule has 0 bridgehead atoms. The van der Waals surface area contributed by atoms with Gasteiger partial charge in [-0.3, -0.25) is 0 Å². The van der Waals surface area contributed by atoms with Crippen LogP contribution in [0.4, 0.5) is 13.2 Å². The van der Waals surface area contributed by atoms with Crippen molar-refractivity contribution in [2.45, 2.75) is 19.5 Å². The van der Waals surface area contributed by atoms with Crippen LogP contribution in [-0.2, 0) is 6.18 Å². The second-order valence-electron chi connectivity index (χ2n) is 3.32. The molecule has 0 unspecified atom stereocenters. The fourth-order valence-corrected chi connectivity index (χ4v) is 1.31. The molecule has 1 aromatic rings. The highest BCUT2D eigenvalue weighted by molar-refractivity contribution is 5.45. The van der Waals surface area contributed by atoms with Crippen molar-refractivity contribution in [1.29, 1.82) is 0 Å². The number of halogens is 3. The zero-order chi connectivity index (χ0) is 12.2. The van der Waals surface area contributed by atoms with Crippen LogP contribution in [0.2, 0.25) is 0 Å². The zero-order valence-electron chi connectivity index (χ0n) is 8.86. The van der Waals surface area contributed by atoms with Crippen LogP contribution in [-0.4, -0.2) is 6.54 Å². The molecule has 16 heavy (non-hydrogen) atoms. The van der Waals surface area contributed by atoms with Gasteiger partial charge in [-0.15, -0.1) is 0 Å². The molecule has 0 atom stereocenters. The van der Waals surface area contributed by atoms with Crippen molar-refractivity contribution >= 4 is 0 Å². The smallest absolute Gasteiger partial charge is 0.330 e. The maximum Gasteiger partial charge on any atom is 0.416 e. The zero-order valence-corrected chi connectivity index (χ0v) is 8.86. The molecule has 1 aromatic carbocycles. The average Bonchev–Trinajstić information content (AvgIpc) is 2.19. The first-order valence-corrected chi connectivity index (χ1v) is 4.82. The van der Waals surface area contributed by atoms with E-state index < -0.39 is 11.7 Å². The topological polar surface area (TPSA) is 26.0 Å². The summed E-state index contributed by atoms with van der Waals surface area (Å²) in [6, 6.07) is 4.00. The Kier molecular flexibility index (Phi) is 3.97. The molecule has 0 aromatic heterocycles. The van der Waals surface area contributed by atoms with Crippen LogP contribution >= 0.6 is 0 Å². The lowest BCUT2D eigenvalue weighted by Gasteiger charge is -2.10. The minimum absolute atomic E-state index is 0.166. The van der Waals surface area contributed by atoms with Gasteiger partial charge in [-0.25, -0.2) is 0 Å². The molecular weight excluding hydrogens is 215 g/mol. The van der Waals surface area contributed by atoms with Gasteiger partial charge < -0.3 is 5.73 Å². The SMILES string of the molecule is Cc1c(C#CCCN)cccc1C(F)(F)F. The number of benzene rings is 1. The van der Waals surface area contributed by atoms with E-state index in [1.807, 2.05) is 0 Å². The Morgan fingerprint density at radius 3 is 2.56 bits per heavy atom. The normalized spacial score (nSPS) is 10.8. The Labute approximate surface area is 92.5 Å². The van der Waals surface area contributed by atoms with Gasteiger partial charge in [-0.05, 0) is 24.6 Å². The quantitative estimate of drug-likeness (QED) is 0.733. The predicted octanol–water partition coefficient (Wildman–Crippen LogP) is 2.71. The van der Waals surface area contributed by atoms with Gasteiger partial charge in [0.15, 0.2) is 0 Å². The maximum absolute atomic E-state index is 12.5. The summed E-state index contributed by atoms with van der Waals surface area (Å²) in [5.74, 6) is 5.42. The first-order valence-electron chi connectivity index (χ1n) is 4.82. The molecule has 0 aliphatic heterocycles. The van der Waals surface area contributed by atoms with E-state index >= 15 is 0 Å². The van der Waals surface area contributed by atoms with E-state index in [4.69, 9.17) is 5.73 Å². The third-order valence-electron chi connectivity index (χ3n) is 2.13. The largest absolute Gasteiger partial charge is 0.416 e. The first-order chi connectivity index (χ1) is 7.46. The van der Waals surface area contributed by atoms with Crippen LogP contribution in [0.15, 0.2) is 18.2 Å².